The van der Waals surface area contributed by atoms with Gasteiger partial charge in [-0.15, -0.1) is 0 Å². The first kappa shape index (κ1) is 15.4. The van der Waals surface area contributed by atoms with Crippen molar-refractivity contribution < 1.29 is 14.7 Å². The maximum atomic E-state index is 12.8. The minimum atomic E-state index is -1.02. The summed E-state index contributed by atoms with van der Waals surface area (Å²) in [4.78, 5) is 25.5. The Bertz CT molecular complexity index is 563. The third kappa shape index (κ3) is 2.86. The minimum absolute atomic E-state index is 0.0808. The zero-order valence-corrected chi connectivity index (χ0v) is 12.6. The van der Waals surface area contributed by atoms with Crippen molar-refractivity contribution >= 4 is 23.3 Å². The van der Waals surface area contributed by atoms with Gasteiger partial charge in [0.1, 0.15) is 0 Å². The van der Waals surface area contributed by atoms with Crippen LogP contribution in [0.5, 0.6) is 0 Å². The van der Waals surface area contributed by atoms with E-state index in [1.54, 1.807) is 11.0 Å². The Hall–Kier alpha value is -2.04. The summed E-state index contributed by atoms with van der Waals surface area (Å²) >= 11 is 0. The molecule has 1 aliphatic rings. The molecule has 1 aromatic carbocycles. The number of benzene rings is 1. The molecule has 0 saturated heterocycles. The number of nitrogen functional groups attached to an aromatic ring is 1. The molecule has 0 radical (unpaired) electrons. The Morgan fingerprint density at radius 3 is 2.43 bits per heavy atom. The van der Waals surface area contributed by atoms with Gasteiger partial charge in [-0.05, 0) is 38.0 Å². The van der Waals surface area contributed by atoms with Crippen LogP contribution in [0.2, 0.25) is 0 Å². The third-order valence-corrected chi connectivity index (χ3v) is 4.35. The maximum absolute atomic E-state index is 12.8. The van der Waals surface area contributed by atoms with Crippen LogP contribution in [-0.4, -0.2) is 23.5 Å². The molecule has 3 N–H and O–H groups in total. The van der Waals surface area contributed by atoms with Gasteiger partial charge in [0, 0.05) is 12.0 Å². The molecule has 1 aromatic rings. The largest absolute Gasteiger partial charge is 0.478 e. The predicted octanol–water partition coefficient (Wildman–Crippen LogP) is 2.90. The topological polar surface area (TPSA) is 83.6 Å². The smallest absolute Gasteiger partial charge is 0.335 e. The number of anilines is 2. The molecule has 0 aliphatic heterocycles. The average molecular weight is 290 g/mol. The Labute approximate surface area is 124 Å². The van der Waals surface area contributed by atoms with Crippen molar-refractivity contribution in [3.8, 4) is 0 Å². The molecule has 1 saturated carbocycles. The summed E-state index contributed by atoms with van der Waals surface area (Å²) in [6.45, 7) is 4.43. The fraction of sp³-hybridized carbons (Fsp3) is 0.500. The first-order valence-electron chi connectivity index (χ1n) is 7.34. The highest BCUT2D eigenvalue weighted by atomic mass is 16.4. The van der Waals surface area contributed by atoms with Crippen molar-refractivity contribution in [2.75, 3.05) is 17.2 Å². The zero-order chi connectivity index (χ0) is 15.6. The van der Waals surface area contributed by atoms with Crippen LogP contribution < -0.4 is 10.6 Å². The second kappa shape index (κ2) is 5.76. The SMILES string of the molecule is CCN(C(=O)C1(C)CCCC1)c1ccc(C(=O)O)cc1N. The van der Waals surface area contributed by atoms with E-state index in [4.69, 9.17) is 10.8 Å². The molecule has 0 aromatic heterocycles. The first-order valence-corrected chi connectivity index (χ1v) is 7.34. The summed E-state index contributed by atoms with van der Waals surface area (Å²) < 4.78 is 0. The molecule has 0 spiro atoms. The summed E-state index contributed by atoms with van der Waals surface area (Å²) in [6.07, 6.45) is 3.95. The predicted molar refractivity (Wildman–Crippen MR) is 82.4 cm³/mol. The van der Waals surface area contributed by atoms with E-state index >= 15 is 0 Å². The number of hydrogen-bond donors (Lipinski definition) is 2. The van der Waals surface area contributed by atoms with Crippen LogP contribution in [0, 0.1) is 5.41 Å². The van der Waals surface area contributed by atoms with Gasteiger partial charge in [0.2, 0.25) is 5.91 Å². The number of rotatable bonds is 4. The number of nitrogens with zero attached hydrogens (tertiary/aromatic N) is 1. The minimum Gasteiger partial charge on any atom is -0.478 e. The normalized spacial score (nSPS) is 16.7. The van der Waals surface area contributed by atoms with Gasteiger partial charge in [-0.2, -0.15) is 0 Å². The van der Waals surface area contributed by atoms with Crippen molar-refractivity contribution in [3.05, 3.63) is 23.8 Å². The van der Waals surface area contributed by atoms with Gasteiger partial charge >= 0.3 is 5.97 Å². The van der Waals surface area contributed by atoms with Gasteiger partial charge in [0.25, 0.3) is 0 Å². The van der Waals surface area contributed by atoms with Crippen LogP contribution >= 0.6 is 0 Å². The molecule has 0 atom stereocenters. The molecule has 0 unspecified atom stereocenters. The summed E-state index contributed by atoms with van der Waals surface area (Å²) in [5, 5.41) is 8.98. The van der Waals surface area contributed by atoms with Gasteiger partial charge in [-0.25, -0.2) is 4.79 Å². The van der Waals surface area contributed by atoms with Crippen LogP contribution in [0.4, 0.5) is 11.4 Å². The summed E-state index contributed by atoms with van der Waals surface area (Å²) in [5.41, 5.74) is 6.69. The van der Waals surface area contributed by atoms with E-state index in [1.165, 1.54) is 12.1 Å². The lowest BCUT2D eigenvalue weighted by Gasteiger charge is -2.31. The molecule has 21 heavy (non-hydrogen) atoms. The lowest BCUT2D eigenvalue weighted by Crippen LogP contribution is -2.41. The fourth-order valence-electron chi connectivity index (χ4n) is 3.05. The highest BCUT2D eigenvalue weighted by molar-refractivity contribution is 6.01. The van der Waals surface area contributed by atoms with Crippen LogP contribution in [-0.2, 0) is 4.79 Å². The highest BCUT2D eigenvalue weighted by Crippen LogP contribution is 2.40. The quantitative estimate of drug-likeness (QED) is 0.835. The highest BCUT2D eigenvalue weighted by Gasteiger charge is 2.39. The molecule has 5 nitrogen and oxygen atoms in total. The first-order chi connectivity index (χ1) is 9.89. The lowest BCUT2D eigenvalue weighted by atomic mass is 9.87. The number of aromatic carboxylic acids is 1. The fourth-order valence-corrected chi connectivity index (χ4v) is 3.05. The molecule has 1 amide bonds. The van der Waals surface area contributed by atoms with Crippen molar-refractivity contribution in [2.45, 2.75) is 39.5 Å². The Morgan fingerprint density at radius 2 is 1.95 bits per heavy atom. The number of carbonyl (C=O) groups excluding carboxylic acids is 1. The molecule has 0 bridgehead atoms. The van der Waals surface area contributed by atoms with Gasteiger partial charge in [0.15, 0.2) is 0 Å². The molecule has 114 valence electrons. The van der Waals surface area contributed by atoms with Crippen molar-refractivity contribution in [3.63, 3.8) is 0 Å². The number of carboxylic acid groups (broad SMARTS) is 1. The van der Waals surface area contributed by atoms with E-state index < -0.39 is 5.97 Å². The lowest BCUT2D eigenvalue weighted by molar-refractivity contribution is -0.127. The summed E-state index contributed by atoms with van der Waals surface area (Å²) in [5.74, 6) is -0.942. The van der Waals surface area contributed by atoms with Crippen LogP contribution in [0.1, 0.15) is 49.9 Å². The molecular weight excluding hydrogens is 268 g/mol. The van der Waals surface area contributed by atoms with E-state index in [0.29, 0.717) is 17.9 Å². The van der Waals surface area contributed by atoms with Crippen molar-refractivity contribution in [1.82, 2.24) is 0 Å². The summed E-state index contributed by atoms with van der Waals surface area (Å²) in [6, 6.07) is 4.52. The number of amides is 1. The van der Waals surface area contributed by atoms with E-state index in [1.807, 2.05) is 13.8 Å². The zero-order valence-electron chi connectivity index (χ0n) is 12.6. The van der Waals surface area contributed by atoms with Gasteiger partial charge in [0.05, 0.1) is 16.9 Å². The van der Waals surface area contributed by atoms with Gasteiger partial charge in [-0.3, -0.25) is 4.79 Å². The van der Waals surface area contributed by atoms with Crippen LogP contribution in [0.3, 0.4) is 0 Å². The average Bonchev–Trinajstić information content (AvgIpc) is 2.89. The molecule has 0 heterocycles. The molecule has 2 rings (SSSR count). The van der Waals surface area contributed by atoms with Gasteiger partial charge in [-0.1, -0.05) is 19.8 Å². The number of carboxylic acids is 1. The maximum Gasteiger partial charge on any atom is 0.335 e. The number of carbonyl (C=O) groups is 2. The van der Waals surface area contributed by atoms with Crippen LogP contribution in [0.25, 0.3) is 0 Å². The molecule has 1 fully saturated rings. The van der Waals surface area contributed by atoms with Crippen molar-refractivity contribution in [1.29, 1.82) is 0 Å². The Morgan fingerprint density at radius 1 is 1.33 bits per heavy atom. The second-order valence-electron chi connectivity index (χ2n) is 5.90. The standard InChI is InChI=1S/C16H22N2O3/c1-3-18(15(21)16(2)8-4-5-9-16)13-7-6-11(14(19)20)10-12(13)17/h6-7,10H,3-5,8-9,17H2,1-2H3,(H,19,20). The second-order valence-corrected chi connectivity index (χ2v) is 5.90. The number of nitrogens with two attached hydrogens (primary N) is 1. The van der Waals surface area contributed by atoms with E-state index in [-0.39, 0.29) is 16.9 Å². The molecule has 1 aliphatic carbocycles. The van der Waals surface area contributed by atoms with Crippen molar-refractivity contribution in [2.24, 2.45) is 5.41 Å². The monoisotopic (exact) mass is 290 g/mol. The molecule has 5 heteroatoms. The third-order valence-electron chi connectivity index (χ3n) is 4.35. The van der Waals surface area contributed by atoms with Gasteiger partial charge < -0.3 is 15.7 Å². The Kier molecular flexibility index (Phi) is 4.21. The van der Waals surface area contributed by atoms with E-state index in [9.17, 15) is 9.59 Å². The number of hydrogen-bond acceptors (Lipinski definition) is 3. The van der Waals surface area contributed by atoms with E-state index in [0.717, 1.165) is 25.7 Å². The van der Waals surface area contributed by atoms with E-state index in [2.05, 4.69) is 0 Å². The molecular formula is C16H22N2O3. The summed E-state index contributed by atoms with van der Waals surface area (Å²) in [7, 11) is 0. The Balaban J connectivity index is 2.33. The van der Waals surface area contributed by atoms with Crippen LogP contribution in [0.15, 0.2) is 18.2 Å².